The molecular formula is C15H22N2O4. The molecule has 1 rings (SSSR count). The highest BCUT2D eigenvalue weighted by Gasteiger charge is 2.19. The summed E-state index contributed by atoms with van der Waals surface area (Å²) < 4.78 is 5.14. The minimum absolute atomic E-state index is 0.0568. The van der Waals surface area contributed by atoms with Crippen molar-refractivity contribution in [2.45, 2.75) is 46.3 Å². The van der Waals surface area contributed by atoms with Crippen LogP contribution >= 0.6 is 0 Å². The molecule has 0 bridgehead atoms. The first-order chi connectivity index (χ1) is 9.58. The molecule has 0 atom stereocenters. The third kappa shape index (κ3) is 5.72. The number of amides is 2. The summed E-state index contributed by atoms with van der Waals surface area (Å²) in [5, 5.41) is 14.7. The van der Waals surface area contributed by atoms with E-state index in [9.17, 15) is 14.7 Å². The predicted octanol–water partition coefficient (Wildman–Crippen LogP) is 2.88. The summed E-state index contributed by atoms with van der Waals surface area (Å²) in [6.45, 7) is 8.88. The van der Waals surface area contributed by atoms with Gasteiger partial charge in [0.15, 0.2) is 0 Å². The normalized spacial score (nSPS) is 11.1. The van der Waals surface area contributed by atoms with Gasteiger partial charge in [-0.3, -0.25) is 10.1 Å². The number of hydrogen-bond donors (Lipinski definition) is 3. The van der Waals surface area contributed by atoms with Crippen molar-refractivity contribution in [3.05, 3.63) is 23.8 Å². The fourth-order valence-electron chi connectivity index (χ4n) is 1.58. The molecule has 0 aliphatic rings. The number of anilines is 1. The Kier molecular flexibility index (Phi) is 5.18. The number of rotatable bonds is 3. The lowest BCUT2D eigenvalue weighted by Gasteiger charge is -2.20. The molecule has 6 nitrogen and oxygen atoms in total. The van der Waals surface area contributed by atoms with Crippen LogP contribution in [0.25, 0.3) is 0 Å². The smallest absolute Gasteiger partial charge is 0.412 e. The van der Waals surface area contributed by atoms with Gasteiger partial charge in [-0.05, 0) is 52.8 Å². The second kappa shape index (κ2) is 6.47. The van der Waals surface area contributed by atoms with Crippen LogP contribution in [-0.2, 0) is 4.74 Å². The SMILES string of the molecule is CC(C)NC(=O)c1cc(O)ccc1NC(=O)OC(C)(C)C. The minimum Gasteiger partial charge on any atom is -0.508 e. The van der Waals surface area contributed by atoms with Gasteiger partial charge in [-0.15, -0.1) is 0 Å². The number of phenols is 1. The molecule has 3 N–H and O–H groups in total. The Morgan fingerprint density at radius 2 is 1.86 bits per heavy atom. The van der Waals surface area contributed by atoms with Gasteiger partial charge in [0.25, 0.3) is 5.91 Å². The van der Waals surface area contributed by atoms with Gasteiger partial charge in [-0.2, -0.15) is 0 Å². The topological polar surface area (TPSA) is 87.7 Å². The van der Waals surface area contributed by atoms with Gasteiger partial charge in [0.05, 0.1) is 11.3 Å². The quantitative estimate of drug-likeness (QED) is 0.748. The first-order valence-electron chi connectivity index (χ1n) is 6.72. The first-order valence-corrected chi connectivity index (χ1v) is 6.72. The van der Waals surface area contributed by atoms with E-state index in [1.165, 1.54) is 18.2 Å². The van der Waals surface area contributed by atoms with Crippen LogP contribution in [0.4, 0.5) is 10.5 Å². The summed E-state index contributed by atoms with van der Waals surface area (Å²) >= 11 is 0. The largest absolute Gasteiger partial charge is 0.508 e. The summed E-state index contributed by atoms with van der Waals surface area (Å²) in [4.78, 5) is 23.9. The lowest BCUT2D eigenvalue weighted by Crippen LogP contribution is -2.32. The maximum atomic E-state index is 12.1. The fourth-order valence-corrected chi connectivity index (χ4v) is 1.58. The Labute approximate surface area is 124 Å². The van der Waals surface area contributed by atoms with Crippen LogP contribution in [-0.4, -0.2) is 28.7 Å². The van der Waals surface area contributed by atoms with Crippen molar-refractivity contribution in [1.82, 2.24) is 5.32 Å². The van der Waals surface area contributed by atoms with Crippen molar-refractivity contribution in [3.8, 4) is 5.75 Å². The molecule has 1 aromatic carbocycles. The van der Waals surface area contributed by atoms with Crippen LogP contribution in [0.1, 0.15) is 45.0 Å². The van der Waals surface area contributed by atoms with Crippen LogP contribution in [0.2, 0.25) is 0 Å². The molecule has 2 amide bonds. The van der Waals surface area contributed by atoms with Crippen LogP contribution < -0.4 is 10.6 Å². The first kappa shape index (κ1) is 16.8. The molecule has 0 fully saturated rings. The highest BCUT2D eigenvalue weighted by Crippen LogP contribution is 2.22. The van der Waals surface area contributed by atoms with Crippen LogP contribution in [0, 0.1) is 0 Å². The van der Waals surface area contributed by atoms with E-state index < -0.39 is 11.7 Å². The summed E-state index contributed by atoms with van der Waals surface area (Å²) in [5.41, 5.74) is -0.184. The van der Waals surface area contributed by atoms with Crippen LogP contribution in [0.3, 0.4) is 0 Å². The number of carbonyl (C=O) groups excluding carboxylic acids is 2. The van der Waals surface area contributed by atoms with E-state index in [0.717, 1.165) is 0 Å². The standard InChI is InChI=1S/C15H22N2O4/c1-9(2)16-13(19)11-8-10(18)6-7-12(11)17-14(20)21-15(3,4)5/h6-9,18H,1-5H3,(H,16,19)(H,17,20). The number of benzene rings is 1. The third-order valence-electron chi connectivity index (χ3n) is 2.30. The lowest BCUT2D eigenvalue weighted by molar-refractivity contribution is 0.0636. The van der Waals surface area contributed by atoms with Gasteiger partial charge in [0, 0.05) is 6.04 Å². The van der Waals surface area contributed by atoms with E-state index in [0.29, 0.717) is 0 Å². The van der Waals surface area contributed by atoms with Crippen LogP contribution in [0.15, 0.2) is 18.2 Å². The Balaban J connectivity index is 2.97. The number of ether oxygens (including phenoxy) is 1. The minimum atomic E-state index is -0.660. The summed E-state index contributed by atoms with van der Waals surface area (Å²) in [6.07, 6.45) is -0.660. The van der Waals surface area contributed by atoms with Gasteiger partial charge in [0.2, 0.25) is 0 Å². The second-order valence-electron chi connectivity index (χ2n) is 5.98. The maximum Gasteiger partial charge on any atom is 0.412 e. The van der Waals surface area contributed by atoms with E-state index in [-0.39, 0.29) is 28.9 Å². The van der Waals surface area contributed by atoms with Gasteiger partial charge in [-0.1, -0.05) is 0 Å². The Hall–Kier alpha value is -2.24. The van der Waals surface area contributed by atoms with E-state index in [1.807, 2.05) is 13.8 Å². The molecule has 21 heavy (non-hydrogen) atoms. The number of nitrogens with one attached hydrogen (secondary N) is 2. The van der Waals surface area contributed by atoms with Gasteiger partial charge in [-0.25, -0.2) is 4.79 Å². The number of phenolic OH excluding ortho intramolecular Hbond substituents is 1. The molecule has 0 saturated heterocycles. The zero-order chi connectivity index (χ0) is 16.2. The fraction of sp³-hybridized carbons (Fsp3) is 0.467. The van der Waals surface area contributed by atoms with Gasteiger partial charge >= 0.3 is 6.09 Å². The summed E-state index contributed by atoms with van der Waals surface area (Å²) in [5.74, 6) is -0.439. The molecule has 0 heterocycles. The van der Waals surface area contributed by atoms with E-state index >= 15 is 0 Å². The monoisotopic (exact) mass is 294 g/mol. The second-order valence-corrected chi connectivity index (χ2v) is 5.98. The van der Waals surface area contributed by atoms with Crippen molar-refractivity contribution in [1.29, 1.82) is 0 Å². The third-order valence-corrected chi connectivity index (χ3v) is 2.30. The van der Waals surface area contributed by atoms with Crippen molar-refractivity contribution in [2.75, 3.05) is 5.32 Å². The molecule has 1 aromatic rings. The molecule has 0 unspecified atom stereocenters. The number of aromatic hydroxyl groups is 1. The van der Waals surface area contributed by atoms with Crippen molar-refractivity contribution < 1.29 is 19.4 Å². The molecule has 0 spiro atoms. The molecule has 0 saturated carbocycles. The molecule has 116 valence electrons. The van der Waals surface area contributed by atoms with Crippen molar-refractivity contribution in [3.63, 3.8) is 0 Å². The molecular weight excluding hydrogens is 272 g/mol. The molecule has 0 aliphatic carbocycles. The number of hydrogen-bond acceptors (Lipinski definition) is 4. The van der Waals surface area contributed by atoms with E-state index in [2.05, 4.69) is 10.6 Å². The number of carbonyl (C=O) groups is 2. The average molecular weight is 294 g/mol. The van der Waals surface area contributed by atoms with Crippen molar-refractivity contribution >= 4 is 17.7 Å². The van der Waals surface area contributed by atoms with Gasteiger partial charge < -0.3 is 15.2 Å². The Bertz CT molecular complexity index is 533. The zero-order valence-electron chi connectivity index (χ0n) is 13.0. The molecule has 6 heteroatoms. The van der Waals surface area contributed by atoms with Crippen LogP contribution in [0.5, 0.6) is 5.75 Å². The average Bonchev–Trinajstić information content (AvgIpc) is 2.27. The van der Waals surface area contributed by atoms with E-state index in [4.69, 9.17) is 4.74 Å². The molecule has 0 aliphatic heterocycles. The maximum absolute atomic E-state index is 12.1. The zero-order valence-corrected chi connectivity index (χ0v) is 13.0. The highest BCUT2D eigenvalue weighted by molar-refractivity contribution is 6.03. The lowest BCUT2D eigenvalue weighted by atomic mass is 10.1. The Morgan fingerprint density at radius 1 is 1.24 bits per heavy atom. The Morgan fingerprint density at radius 3 is 2.38 bits per heavy atom. The predicted molar refractivity (Wildman–Crippen MR) is 80.6 cm³/mol. The van der Waals surface area contributed by atoms with Crippen molar-refractivity contribution in [2.24, 2.45) is 0 Å². The van der Waals surface area contributed by atoms with Gasteiger partial charge in [0.1, 0.15) is 11.4 Å². The molecule has 0 radical (unpaired) electrons. The molecule has 0 aromatic heterocycles. The summed E-state index contributed by atoms with van der Waals surface area (Å²) in [7, 11) is 0. The highest BCUT2D eigenvalue weighted by atomic mass is 16.6. The van der Waals surface area contributed by atoms with E-state index in [1.54, 1.807) is 20.8 Å². The summed E-state index contributed by atoms with van der Waals surface area (Å²) in [6, 6.07) is 4.08.